The van der Waals surface area contributed by atoms with Crippen molar-refractivity contribution in [2.24, 2.45) is 0 Å². The number of rotatable bonds is 31. The van der Waals surface area contributed by atoms with Gasteiger partial charge in [-0.15, -0.1) is 11.5 Å². The number of carbonyl (C=O) groups is 3. The summed E-state index contributed by atoms with van der Waals surface area (Å²) in [5.74, 6) is 0.496. The summed E-state index contributed by atoms with van der Waals surface area (Å²) in [7, 11) is 0. The fourth-order valence-electron chi connectivity index (χ4n) is 2.95. The highest BCUT2D eigenvalue weighted by Gasteiger charge is 2.32. The highest BCUT2D eigenvalue weighted by molar-refractivity contribution is 6.01. The standard InChI is InChI=1S/C27H45NO14/c1-2-5-32-6-7-33-8-9-34-10-11-35-12-13-36-14-15-37-16-17-38-18-19-39-20-21-40-22-23-41-24-27(31)42-28-25(29)3-4-26(28)30/h1H,3-24H2. The van der Waals surface area contributed by atoms with Gasteiger partial charge in [-0.05, 0) is 0 Å². The zero-order chi connectivity index (χ0) is 30.4. The predicted octanol–water partition coefficient (Wildman–Crippen LogP) is -0.607. The van der Waals surface area contributed by atoms with E-state index in [0.717, 1.165) is 0 Å². The smallest absolute Gasteiger partial charge is 0.358 e. The Morgan fingerprint density at radius 1 is 0.524 bits per heavy atom. The molecule has 1 aliphatic rings. The van der Waals surface area contributed by atoms with Crippen molar-refractivity contribution in [1.82, 2.24) is 5.06 Å². The number of imide groups is 1. The van der Waals surface area contributed by atoms with Gasteiger partial charge in [0.2, 0.25) is 0 Å². The van der Waals surface area contributed by atoms with E-state index in [0.29, 0.717) is 117 Å². The Bertz CT molecular complexity index is 716. The van der Waals surface area contributed by atoms with E-state index in [1.54, 1.807) is 0 Å². The molecule has 0 bridgehead atoms. The molecule has 0 N–H and O–H groups in total. The second-order valence-electron chi connectivity index (χ2n) is 8.25. The summed E-state index contributed by atoms with van der Waals surface area (Å²) in [5.41, 5.74) is 0. The molecular formula is C27H45NO14. The van der Waals surface area contributed by atoms with Gasteiger partial charge in [0, 0.05) is 12.8 Å². The Labute approximate surface area is 247 Å². The third-order valence-corrected chi connectivity index (χ3v) is 4.95. The van der Waals surface area contributed by atoms with Crippen LogP contribution in [0.5, 0.6) is 0 Å². The topological polar surface area (TPSA) is 156 Å². The van der Waals surface area contributed by atoms with E-state index < -0.39 is 17.8 Å². The summed E-state index contributed by atoms with van der Waals surface area (Å²) in [6.45, 7) is 7.66. The molecule has 1 saturated heterocycles. The zero-order valence-corrected chi connectivity index (χ0v) is 24.3. The minimum Gasteiger partial charge on any atom is -0.377 e. The molecule has 15 heteroatoms. The molecule has 0 spiro atoms. The number of nitrogens with zero attached hydrogens (tertiary/aromatic N) is 1. The van der Waals surface area contributed by atoms with E-state index in [-0.39, 0.29) is 32.7 Å². The van der Waals surface area contributed by atoms with Crippen LogP contribution >= 0.6 is 0 Å². The van der Waals surface area contributed by atoms with E-state index in [2.05, 4.69) is 10.8 Å². The van der Waals surface area contributed by atoms with Crippen LogP contribution in [0, 0.1) is 12.3 Å². The first-order valence-electron chi connectivity index (χ1n) is 13.9. The van der Waals surface area contributed by atoms with Crippen molar-refractivity contribution in [3.05, 3.63) is 0 Å². The van der Waals surface area contributed by atoms with Crippen LogP contribution in [-0.4, -0.2) is 155 Å². The third-order valence-electron chi connectivity index (χ3n) is 4.95. The molecule has 0 saturated carbocycles. The van der Waals surface area contributed by atoms with Crippen molar-refractivity contribution in [2.45, 2.75) is 12.8 Å². The van der Waals surface area contributed by atoms with E-state index >= 15 is 0 Å². The Morgan fingerprint density at radius 3 is 1.12 bits per heavy atom. The minimum absolute atomic E-state index is 0.0427. The van der Waals surface area contributed by atoms with Gasteiger partial charge in [0.05, 0.1) is 119 Å². The zero-order valence-electron chi connectivity index (χ0n) is 24.3. The van der Waals surface area contributed by atoms with Crippen LogP contribution in [0.4, 0.5) is 0 Å². The molecule has 1 fully saturated rings. The lowest BCUT2D eigenvalue weighted by atomic mass is 10.4. The second-order valence-corrected chi connectivity index (χ2v) is 8.25. The molecule has 0 radical (unpaired) electrons. The highest BCUT2D eigenvalue weighted by Crippen LogP contribution is 2.11. The summed E-state index contributed by atoms with van der Waals surface area (Å²) in [4.78, 5) is 38.9. The lowest BCUT2D eigenvalue weighted by Crippen LogP contribution is -2.33. The van der Waals surface area contributed by atoms with Crippen LogP contribution in [0.25, 0.3) is 0 Å². The number of amides is 2. The van der Waals surface area contributed by atoms with Gasteiger partial charge in [-0.3, -0.25) is 9.59 Å². The number of carbonyl (C=O) groups excluding carboxylic acids is 3. The molecule has 0 aromatic carbocycles. The molecule has 1 heterocycles. The van der Waals surface area contributed by atoms with Gasteiger partial charge in [0.1, 0.15) is 13.2 Å². The number of hydrogen-bond acceptors (Lipinski definition) is 14. The molecule has 0 aromatic rings. The van der Waals surface area contributed by atoms with Gasteiger partial charge in [-0.25, -0.2) is 4.79 Å². The Morgan fingerprint density at radius 2 is 0.810 bits per heavy atom. The normalized spacial score (nSPS) is 13.2. The van der Waals surface area contributed by atoms with E-state index in [9.17, 15) is 14.4 Å². The molecule has 15 nitrogen and oxygen atoms in total. The minimum atomic E-state index is -0.821. The maximum Gasteiger partial charge on any atom is 0.358 e. The molecule has 0 aliphatic carbocycles. The maximum atomic E-state index is 11.6. The molecule has 0 unspecified atom stereocenters. The number of terminal acetylenes is 1. The molecular weight excluding hydrogens is 562 g/mol. The predicted molar refractivity (Wildman–Crippen MR) is 144 cm³/mol. The van der Waals surface area contributed by atoms with Gasteiger partial charge in [-0.1, -0.05) is 5.92 Å². The molecule has 242 valence electrons. The summed E-state index contributed by atoms with van der Waals surface area (Å²) in [6, 6.07) is 0. The van der Waals surface area contributed by atoms with E-state index in [1.807, 2.05) is 0 Å². The second kappa shape index (κ2) is 28.9. The average Bonchev–Trinajstić information content (AvgIpc) is 3.30. The highest BCUT2D eigenvalue weighted by atomic mass is 16.7. The maximum absolute atomic E-state index is 11.6. The molecule has 2 amide bonds. The number of hydroxylamine groups is 2. The first kappa shape index (κ1) is 37.8. The van der Waals surface area contributed by atoms with Crippen molar-refractivity contribution in [3.8, 4) is 12.3 Å². The molecule has 0 atom stereocenters. The average molecular weight is 608 g/mol. The van der Waals surface area contributed by atoms with Gasteiger partial charge in [0.15, 0.2) is 0 Å². The third kappa shape index (κ3) is 23.3. The van der Waals surface area contributed by atoms with Gasteiger partial charge < -0.3 is 52.2 Å². The largest absolute Gasteiger partial charge is 0.377 e. The Kier molecular flexibility index (Phi) is 26.0. The van der Waals surface area contributed by atoms with E-state index in [1.165, 1.54) is 0 Å². The summed E-state index contributed by atoms with van der Waals surface area (Å²) in [6.07, 6.45) is 5.15. The molecule has 1 aliphatic heterocycles. The summed E-state index contributed by atoms with van der Waals surface area (Å²) < 4.78 is 53.3. The quantitative estimate of drug-likeness (QED) is 0.0559. The Hall–Kier alpha value is -2.23. The fraction of sp³-hybridized carbons (Fsp3) is 0.815. The van der Waals surface area contributed by atoms with E-state index in [4.69, 9.17) is 53.8 Å². The summed E-state index contributed by atoms with van der Waals surface area (Å²) in [5, 5.41) is 0.480. The van der Waals surface area contributed by atoms with Gasteiger partial charge in [0.25, 0.3) is 11.8 Å². The molecule has 0 aromatic heterocycles. The van der Waals surface area contributed by atoms with Crippen LogP contribution in [0.3, 0.4) is 0 Å². The van der Waals surface area contributed by atoms with Crippen LogP contribution in [0.2, 0.25) is 0 Å². The first-order chi connectivity index (χ1) is 20.6. The molecule has 42 heavy (non-hydrogen) atoms. The van der Waals surface area contributed by atoms with Crippen molar-refractivity contribution < 1.29 is 66.6 Å². The number of hydrogen-bond donors (Lipinski definition) is 0. The van der Waals surface area contributed by atoms with Crippen molar-refractivity contribution in [2.75, 3.05) is 132 Å². The van der Waals surface area contributed by atoms with Crippen LogP contribution in [-0.2, 0) is 66.6 Å². The van der Waals surface area contributed by atoms with Crippen molar-refractivity contribution in [3.63, 3.8) is 0 Å². The van der Waals surface area contributed by atoms with Crippen LogP contribution in [0.15, 0.2) is 0 Å². The van der Waals surface area contributed by atoms with Crippen LogP contribution < -0.4 is 0 Å². The molecule has 1 rings (SSSR count). The van der Waals surface area contributed by atoms with Crippen LogP contribution in [0.1, 0.15) is 12.8 Å². The SMILES string of the molecule is C#CCOCCOCCOCCOCCOCCOCCOCCOCCOCCOCC(=O)ON1C(=O)CCC1=O. The lowest BCUT2D eigenvalue weighted by molar-refractivity contribution is -0.200. The fourth-order valence-corrected chi connectivity index (χ4v) is 2.95. The van der Waals surface area contributed by atoms with Crippen molar-refractivity contribution >= 4 is 17.8 Å². The summed E-state index contributed by atoms with van der Waals surface area (Å²) >= 11 is 0. The monoisotopic (exact) mass is 607 g/mol. The van der Waals surface area contributed by atoms with Gasteiger partial charge >= 0.3 is 5.97 Å². The lowest BCUT2D eigenvalue weighted by Gasteiger charge is -2.12. The Balaban J connectivity index is 1.67. The first-order valence-corrected chi connectivity index (χ1v) is 13.9. The number of ether oxygens (including phenoxy) is 10. The van der Waals surface area contributed by atoms with Gasteiger partial charge in [-0.2, -0.15) is 0 Å². The van der Waals surface area contributed by atoms with Crippen molar-refractivity contribution in [1.29, 1.82) is 0 Å².